The number of nitrogens with zero attached hydrogens (tertiary/aromatic N) is 3. The average molecular weight is 577 g/mol. The molecule has 0 aliphatic carbocycles. The third-order valence-electron chi connectivity index (χ3n) is 7.98. The lowest BCUT2D eigenvalue weighted by molar-refractivity contribution is -0.139. The van der Waals surface area contributed by atoms with E-state index in [0.717, 1.165) is 6.07 Å². The molecule has 2 heterocycles. The number of nitriles is 1. The number of halogens is 4. The van der Waals surface area contributed by atoms with Crippen LogP contribution >= 0.6 is 23.2 Å². The quantitative estimate of drug-likeness (QED) is 0.577. The Balaban J connectivity index is 1.88. The van der Waals surface area contributed by atoms with Crippen molar-refractivity contribution >= 4 is 40.9 Å². The first kappa shape index (κ1) is 28.8. The fourth-order valence-electron chi connectivity index (χ4n) is 6.12. The second-order valence-corrected chi connectivity index (χ2v) is 10.9. The van der Waals surface area contributed by atoms with Crippen LogP contribution in [0.15, 0.2) is 36.4 Å². The van der Waals surface area contributed by atoms with Crippen molar-refractivity contribution in [1.29, 1.82) is 5.26 Å². The van der Waals surface area contributed by atoms with E-state index in [-0.39, 0.29) is 33.1 Å². The van der Waals surface area contributed by atoms with Gasteiger partial charge in [0.1, 0.15) is 23.1 Å². The maximum atomic E-state index is 15.7. The van der Waals surface area contributed by atoms with Gasteiger partial charge in [-0.2, -0.15) is 5.26 Å². The van der Waals surface area contributed by atoms with Crippen molar-refractivity contribution in [2.24, 2.45) is 0 Å². The summed E-state index contributed by atoms with van der Waals surface area (Å²) in [4.78, 5) is 41.6. The van der Waals surface area contributed by atoms with E-state index in [1.165, 1.54) is 49.1 Å². The maximum absolute atomic E-state index is 15.7. The highest BCUT2D eigenvalue weighted by atomic mass is 35.5. The monoisotopic (exact) mass is 576 g/mol. The second-order valence-electron chi connectivity index (χ2n) is 10.1. The molecular weight excluding hydrogens is 549 g/mol. The Morgan fingerprint density at radius 1 is 1.08 bits per heavy atom. The minimum Gasteiger partial charge on any atom is -0.351 e. The van der Waals surface area contributed by atoms with Crippen LogP contribution in [0.25, 0.3) is 0 Å². The number of hydrogen-bond acceptors (Lipinski definition) is 4. The molecule has 0 spiro atoms. The summed E-state index contributed by atoms with van der Waals surface area (Å²) >= 11 is 12.1. The second kappa shape index (κ2) is 11.1. The van der Waals surface area contributed by atoms with E-state index in [1.54, 1.807) is 11.8 Å². The molecule has 0 aromatic heterocycles. The van der Waals surface area contributed by atoms with E-state index >= 15 is 8.78 Å². The molecule has 4 atom stereocenters. The standard InChI is InChI=1S/C28H28Cl2F2N4O3/c1-15-28(14-33,21-8-7-18(29)13-23(21)31)24(20-5-4-6-22(30)25(20)32)26(36(15)17(3)38)27(39)34-19-9-11-35(12-10-19)16(2)37/h4-8,13,15,19,24,26H,9-12H2,1-3H3,(H,34,39)/t15-,24+,26-,28-/m1/s1. The maximum Gasteiger partial charge on any atom is 0.243 e. The van der Waals surface area contributed by atoms with Gasteiger partial charge in [-0.3, -0.25) is 14.4 Å². The zero-order chi connectivity index (χ0) is 28.6. The Kier molecular flexibility index (Phi) is 8.20. The minimum atomic E-state index is -1.87. The van der Waals surface area contributed by atoms with Crippen molar-refractivity contribution in [3.05, 3.63) is 69.2 Å². The Labute approximate surface area is 235 Å². The van der Waals surface area contributed by atoms with Gasteiger partial charge in [0.05, 0.1) is 17.1 Å². The molecular formula is C28H28Cl2F2N4O3. The van der Waals surface area contributed by atoms with Crippen LogP contribution in [-0.2, 0) is 19.8 Å². The Hall–Kier alpha value is -3.22. The lowest BCUT2D eigenvalue weighted by atomic mass is 9.65. The molecule has 11 heteroatoms. The van der Waals surface area contributed by atoms with Gasteiger partial charge in [0, 0.05) is 49.5 Å². The first-order chi connectivity index (χ1) is 18.4. The number of rotatable bonds is 4. The van der Waals surface area contributed by atoms with Crippen molar-refractivity contribution in [3.8, 4) is 6.07 Å². The Morgan fingerprint density at radius 2 is 1.74 bits per heavy atom. The molecule has 2 aliphatic rings. The highest BCUT2D eigenvalue weighted by molar-refractivity contribution is 6.31. The number of nitrogens with one attached hydrogen (secondary N) is 1. The predicted molar refractivity (Wildman–Crippen MR) is 142 cm³/mol. The molecule has 7 nitrogen and oxygen atoms in total. The number of amides is 3. The molecule has 39 heavy (non-hydrogen) atoms. The van der Waals surface area contributed by atoms with Crippen molar-refractivity contribution in [1.82, 2.24) is 15.1 Å². The van der Waals surface area contributed by atoms with Crippen LogP contribution in [0.4, 0.5) is 8.78 Å². The zero-order valence-electron chi connectivity index (χ0n) is 21.7. The molecule has 2 aliphatic heterocycles. The first-order valence-corrected chi connectivity index (χ1v) is 13.3. The van der Waals surface area contributed by atoms with Crippen LogP contribution in [0.3, 0.4) is 0 Å². The van der Waals surface area contributed by atoms with Crippen LogP contribution in [0, 0.1) is 23.0 Å². The largest absolute Gasteiger partial charge is 0.351 e. The van der Waals surface area contributed by atoms with Crippen LogP contribution < -0.4 is 5.32 Å². The summed E-state index contributed by atoms with van der Waals surface area (Å²) in [5, 5.41) is 13.5. The molecule has 206 valence electrons. The Morgan fingerprint density at radius 3 is 2.31 bits per heavy atom. The van der Waals surface area contributed by atoms with E-state index in [1.807, 2.05) is 0 Å². The minimum absolute atomic E-state index is 0.0626. The van der Waals surface area contributed by atoms with Crippen molar-refractivity contribution < 1.29 is 23.2 Å². The van der Waals surface area contributed by atoms with Crippen molar-refractivity contribution in [2.75, 3.05) is 13.1 Å². The van der Waals surface area contributed by atoms with E-state index in [9.17, 15) is 19.6 Å². The van der Waals surface area contributed by atoms with Gasteiger partial charge in [-0.05, 0) is 43.5 Å². The van der Waals surface area contributed by atoms with Crippen LogP contribution in [0.1, 0.15) is 50.7 Å². The van der Waals surface area contributed by atoms with E-state index in [2.05, 4.69) is 11.4 Å². The molecule has 0 bridgehead atoms. The molecule has 0 radical (unpaired) electrons. The smallest absolute Gasteiger partial charge is 0.243 e. The van der Waals surface area contributed by atoms with Crippen LogP contribution in [0.5, 0.6) is 0 Å². The fourth-order valence-corrected chi connectivity index (χ4v) is 6.46. The van der Waals surface area contributed by atoms with Gasteiger partial charge in [0.25, 0.3) is 0 Å². The summed E-state index contributed by atoms with van der Waals surface area (Å²) in [6.45, 7) is 5.17. The van der Waals surface area contributed by atoms with Gasteiger partial charge in [0.2, 0.25) is 17.7 Å². The number of hydrogen-bond donors (Lipinski definition) is 1. The predicted octanol–water partition coefficient (Wildman–Crippen LogP) is 4.56. The van der Waals surface area contributed by atoms with E-state index in [4.69, 9.17) is 23.2 Å². The number of piperidine rings is 1. The lowest BCUT2D eigenvalue weighted by Crippen LogP contribution is -2.53. The average Bonchev–Trinajstić information content (AvgIpc) is 3.15. The molecule has 2 saturated heterocycles. The fraction of sp³-hybridized carbons (Fsp3) is 0.429. The molecule has 2 aromatic carbocycles. The number of benzene rings is 2. The third-order valence-corrected chi connectivity index (χ3v) is 8.51. The van der Waals surface area contributed by atoms with Crippen LogP contribution in [0.2, 0.25) is 10.0 Å². The first-order valence-electron chi connectivity index (χ1n) is 12.6. The molecule has 0 unspecified atom stereocenters. The molecule has 2 fully saturated rings. The number of carbonyl (C=O) groups is 3. The summed E-state index contributed by atoms with van der Waals surface area (Å²) in [6.07, 6.45) is 0.970. The third kappa shape index (κ3) is 4.96. The van der Waals surface area contributed by atoms with Gasteiger partial charge >= 0.3 is 0 Å². The van der Waals surface area contributed by atoms with Crippen LogP contribution in [-0.4, -0.2) is 58.7 Å². The molecule has 0 saturated carbocycles. The molecule has 1 N–H and O–H groups in total. The summed E-state index contributed by atoms with van der Waals surface area (Å²) in [5.74, 6) is -4.18. The number of likely N-dealkylation sites (tertiary alicyclic amines) is 2. The normalized spacial score (nSPS) is 25.3. The van der Waals surface area contributed by atoms with Crippen molar-refractivity contribution in [3.63, 3.8) is 0 Å². The zero-order valence-corrected chi connectivity index (χ0v) is 23.2. The van der Waals surface area contributed by atoms with Gasteiger partial charge in [-0.1, -0.05) is 41.4 Å². The molecule has 2 aromatic rings. The van der Waals surface area contributed by atoms with E-state index in [0.29, 0.717) is 25.9 Å². The summed E-state index contributed by atoms with van der Waals surface area (Å²) in [6, 6.07) is 7.47. The van der Waals surface area contributed by atoms with Gasteiger partial charge < -0.3 is 15.1 Å². The summed E-state index contributed by atoms with van der Waals surface area (Å²) in [7, 11) is 0. The van der Waals surface area contributed by atoms with Crippen molar-refractivity contribution in [2.45, 2.75) is 63.1 Å². The SMILES string of the molecule is CC(=O)N1CCC(NC(=O)[C@H]2[C@H](c3cccc(Cl)c3F)[C@@](C#N)(c3ccc(Cl)cc3F)[C@@H](C)N2C(C)=O)CC1. The molecule has 4 rings (SSSR count). The summed E-state index contributed by atoms with van der Waals surface area (Å²) < 4.78 is 31.2. The lowest BCUT2D eigenvalue weighted by Gasteiger charge is -2.35. The number of carbonyl (C=O) groups excluding carboxylic acids is 3. The summed E-state index contributed by atoms with van der Waals surface area (Å²) in [5.41, 5.74) is -2.06. The van der Waals surface area contributed by atoms with Gasteiger partial charge in [-0.25, -0.2) is 8.78 Å². The topological polar surface area (TPSA) is 93.5 Å². The highest BCUT2D eigenvalue weighted by Gasteiger charge is 2.64. The highest BCUT2D eigenvalue weighted by Crippen LogP contribution is 2.54. The Bertz CT molecular complexity index is 1360. The van der Waals surface area contributed by atoms with Gasteiger partial charge in [-0.15, -0.1) is 0 Å². The molecule has 3 amide bonds. The van der Waals surface area contributed by atoms with Gasteiger partial charge in [0.15, 0.2) is 0 Å². The van der Waals surface area contributed by atoms with E-state index < -0.39 is 46.9 Å².